The minimum absolute atomic E-state index is 0.00101. The predicted octanol–water partition coefficient (Wildman–Crippen LogP) is 5.22. The maximum absolute atomic E-state index is 12.1. The molecule has 2 amide bonds. The Morgan fingerprint density at radius 2 is 2.06 bits per heavy atom. The highest BCUT2D eigenvalue weighted by Crippen LogP contribution is 2.36. The van der Waals surface area contributed by atoms with Crippen molar-refractivity contribution in [2.75, 3.05) is 10.6 Å². The van der Waals surface area contributed by atoms with Gasteiger partial charge in [-0.2, -0.15) is 5.10 Å². The monoisotopic (exact) mass is 499 g/mol. The fourth-order valence-electron chi connectivity index (χ4n) is 3.36. The number of benzene rings is 1. The molecule has 0 saturated heterocycles. The molecule has 10 nitrogen and oxygen atoms in total. The molecule has 176 valence electrons. The van der Waals surface area contributed by atoms with Crippen LogP contribution in [0.25, 0.3) is 27.4 Å². The van der Waals surface area contributed by atoms with E-state index >= 15 is 0 Å². The van der Waals surface area contributed by atoms with Gasteiger partial charge in [0, 0.05) is 17.2 Å². The van der Waals surface area contributed by atoms with Gasteiger partial charge >= 0.3 is 6.09 Å². The molecule has 1 aliphatic rings. The van der Waals surface area contributed by atoms with Crippen LogP contribution in [0.5, 0.6) is 0 Å². The van der Waals surface area contributed by atoms with Gasteiger partial charge in [-0.05, 0) is 51.8 Å². The van der Waals surface area contributed by atoms with Crippen molar-refractivity contribution in [3.05, 3.63) is 35.7 Å². The first-order chi connectivity index (χ1) is 16.2. The first kappa shape index (κ1) is 22.4. The second kappa shape index (κ2) is 8.41. The van der Waals surface area contributed by atoms with Crippen molar-refractivity contribution in [1.82, 2.24) is 24.7 Å². The number of nitrogens with one attached hydrogen (secondary N) is 3. The third-order valence-corrected chi connectivity index (χ3v) is 6.31. The number of H-pyrrole nitrogens is 1. The lowest BCUT2D eigenvalue weighted by molar-refractivity contribution is -0.117. The van der Waals surface area contributed by atoms with Crippen LogP contribution < -0.4 is 10.6 Å². The molecule has 34 heavy (non-hydrogen) atoms. The van der Waals surface area contributed by atoms with Crippen molar-refractivity contribution in [1.29, 1.82) is 0 Å². The lowest BCUT2D eigenvalue weighted by Gasteiger charge is -2.19. The molecule has 0 bridgehead atoms. The quantitative estimate of drug-likeness (QED) is 0.345. The van der Waals surface area contributed by atoms with Gasteiger partial charge in [0.05, 0.1) is 16.9 Å². The van der Waals surface area contributed by atoms with Gasteiger partial charge in [0.2, 0.25) is 5.91 Å². The average molecular weight is 500 g/mol. The maximum atomic E-state index is 12.1. The van der Waals surface area contributed by atoms with Crippen LogP contribution in [-0.2, 0) is 9.53 Å². The minimum Gasteiger partial charge on any atom is -0.444 e. The van der Waals surface area contributed by atoms with E-state index in [0.29, 0.717) is 38.6 Å². The van der Waals surface area contributed by atoms with Gasteiger partial charge in [-0.15, -0.1) is 0 Å². The number of aromatic nitrogens is 5. The summed E-state index contributed by atoms with van der Waals surface area (Å²) in [6.45, 7) is 5.38. The molecule has 1 aromatic carbocycles. The fraction of sp³-hybridized carbons (Fsp3) is 0.318. The van der Waals surface area contributed by atoms with Gasteiger partial charge < -0.3 is 10.1 Å². The summed E-state index contributed by atoms with van der Waals surface area (Å²) in [6, 6.07) is 5.18. The number of hydrogen-bond acceptors (Lipinski definition) is 7. The number of carbonyl (C=O) groups excluding carboxylic acids is 2. The normalized spacial score (nSPS) is 13.8. The van der Waals surface area contributed by atoms with Crippen LogP contribution in [0.1, 0.15) is 33.6 Å². The summed E-state index contributed by atoms with van der Waals surface area (Å²) < 4.78 is 7.86. The van der Waals surface area contributed by atoms with Crippen LogP contribution in [0.4, 0.5) is 15.6 Å². The lowest BCUT2D eigenvalue weighted by atomic mass is 10.1. The largest absolute Gasteiger partial charge is 0.444 e. The number of amides is 2. The number of rotatable bonds is 5. The van der Waals surface area contributed by atoms with Crippen LogP contribution in [0, 0.1) is 5.92 Å². The van der Waals surface area contributed by atoms with Crippen molar-refractivity contribution in [3.63, 3.8) is 0 Å². The number of carbonyl (C=O) groups is 2. The Kier molecular flexibility index (Phi) is 5.53. The Hall–Kier alpha value is -3.44. The van der Waals surface area contributed by atoms with Crippen molar-refractivity contribution in [2.45, 2.75) is 39.2 Å². The Bertz CT molecular complexity index is 1400. The van der Waals surface area contributed by atoms with E-state index < -0.39 is 11.7 Å². The SMILES string of the molecule is CC(C)(C)OC(=O)Nc1ccc(-c2cncn2-c2n[nH]c3nc(NC(=O)C4CC4)sc23)c(Cl)c1. The minimum atomic E-state index is -0.605. The van der Waals surface area contributed by atoms with E-state index in [9.17, 15) is 9.59 Å². The number of ether oxygens (including phenoxy) is 1. The molecule has 0 atom stereocenters. The summed E-state index contributed by atoms with van der Waals surface area (Å²) >= 11 is 7.91. The van der Waals surface area contributed by atoms with Crippen molar-refractivity contribution < 1.29 is 14.3 Å². The Balaban J connectivity index is 1.41. The Labute approximate surface area is 203 Å². The molecule has 0 spiro atoms. The number of halogens is 1. The van der Waals surface area contributed by atoms with E-state index in [4.69, 9.17) is 16.3 Å². The molecule has 1 fully saturated rings. The summed E-state index contributed by atoms with van der Waals surface area (Å²) in [7, 11) is 0. The zero-order valence-electron chi connectivity index (χ0n) is 18.7. The molecular weight excluding hydrogens is 478 g/mol. The standard InChI is InChI=1S/C22H22ClN7O3S/c1-22(2,3)33-21(32)25-12-6-7-13(14(23)8-12)15-9-24-10-30(15)18-16-17(28-29-18)26-20(34-16)27-19(31)11-4-5-11/h6-11H,4-5H2,1-3H3,(H,25,32)(H2,26,27,28,29,31). The molecule has 1 saturated carbocycles. The van der Waals surface area contributed by atoms with Crippen LogP contribution in [-0.4, -0.2) is 42.3 Å². The highest BCUT2D eigenvalue weighted by molar-refractivity contribution is 7.22. The molecule has 5 rings (SSSR count). The molecule has 1 aliphatic carbocycles. The molecule has 0 unspecified atom stereocenters. The zero-order valence-corrected chi connectivity index (χ0v) is 20.3. The summed E-state index contributed by atoms with van der Waals surface area (Å²) in [6.07, 6.45) is 4.60. The summed E-state index contributed by atoms with van der Waals surface area (Å²) in [4.78, 5) is 32.9. The van der Waals surface area contributed by atoms with Crippen LogP contribution in [0.3, 0.4) is 0 Å². The second-order valence-corrected chi connectivity index (χ2v) is 10.4. The number of nitrogens with zero attached hydrogens (tertiary/aromatic N) is 4. The van der Waals surface area contributed by atoms with Gasteiger partial charge in [0.15, 0.2) is 16.6 Å². The van der Waals surface area contributed by atoms with E-state index in [1.54, 1.807) is 56.1 Å². The van der Waals surface area contributed by atoms with Crippen LogP contribution in [0.15, 0.2) is 30.7 Å². The van der Waals surface area contributed by atoms with E-state index in [-0.39, 0.29) is 11.8 Å². The van der Waals surface area contributed by atoms with E-state index in [1.165, 1.54) is 11.3 Å². The van der Waals surface area contributed by atoms with Gasteiger partial charge in [0.1, 0.15) is 16.6 Å². The number of hydrogen-bond donors (Lipinski definition) is 3. The highest BCUT2D eigenvalue weighted by atomic mass is 35.5. The number of fused-ring (bicyclic) bond motifs is 1. The topological polar surface area (TPSA) is 127 Å². The lowest BCUT2D eigenvalue weighted by Crippen LogP contribution is -2.27. The molecule has 0 aliphatic heterocycles. The van der Waals surface area contributed by atoms with Gasteiger partial charge in [0.25, 0.3) is 0 Å². The van der Waals surface area contributed by atoms with Crippen molar-refractivity contribution in [3.8, 4) is 17.1 Å². The molecule has 4 aromatic rings. The average Bonchev–Trinajstić information content (AvgIpc) is 3.17. The van der Waals surface area contributed by atoms with E-state index in [2.05, 4.69) is 30.8 Å². The van der Waals surface area contributed by atoms with Crippen molar-refractivity contribution in [2.24, 2.45) is 5.92 Å². The van der Waals surface area contributed by atoms with Gasteiger partial charge in [-0.1, -0.05) is 22.9 Å². The van der Waals surface area contributed by atoms with Gasteiger partial charge in [-0.3, -0.25) is 19.8 Å². The first-order valence-electron chi connectivity index (χ1n) is 10.7. The number of aromatic amines is 1. The number of anilines is 2. The molecule has 3 N–H and O–H groups in total. The van der Waals surface area contributed by atoms with Crippen LogP contribution >= 0.6 is 22.9 Å². The smallest absolute Gasteiger partial charge is 0.412 e. The molecular formula is C22H22ClN7O3S. The van der Waals surface area contributed by atoms with Crippen LogP contribution in [0.2, 0.25) is 5.02 Å². The first-order valence-corrected chi connectivity index (χ1v) is 11.9. The fourth-order valence-corrected chi connectivity index (χ4v) is 4.54. The number of imidazole rings is 1. The predicted molar refractivity (Wildman–Crippen MR) is 131 cm³/mol. The zero-order chi connectivity index (χ0) is 24.0. The maximum Gasteiger partial charge on any atom is 0.412 e. The second-order valence-electron chi connectivity index (χ2n) is 8.98. The Morgan fingerprint density at radius 3 is 2.76 bits per heavy atom. The molecule has 3 aromatic heterocycles. The summed E-state index contributed by atoms with van der Waals surface area (Å²) in [5.41, 5.74) is 1.89. The summed E-state index contributed by atoms with van der Waals surface area (Å²) in [5, 5.41) is 13.8. The van der Waals surface area contributed by atoms with E-state index in [1.807, 2.05) is 0 Å². The van der Waals surface area contributed by atoms with Crippen molar-refractivity contribution >= 4 is 56.1 Å². The van der Waals surface area contributed by atoms with E-state index in [0.717, 1.165) is 17.5 Å². The molecule has 12 heteroatoms. The Morgan fingerprint density at radius 1 is 1.26 bits per heavy atom. The summed E-state index contributed by atoms with van der Waals surface area (Å²) in [5.74, 6) is 0.690. The highest BCUT2D eigenvalue weighted by Gasteiger charge is 2.30. The van der Waals surface area contributed by atoms with Gasteiger partial charge in [-0.25, -0.2) is 14.8 Å². The molecule has 3 heterocycles. The third kappa shape index (κ3) is 4.62. The third-order valence-electron chi connectivity index (χ3n) is 5.03. The number of thiazole rings is 1. The molecule has 0 radical (unpaired) electrons.